The Labute approximate surface area is 153 Å². The SMILES string of the molecule is C=C1c2cc(C)cc(C(C)NS(=C)N)c2N=C2N1CCC21CCCC1. The average molecular weight is 357 g/mol. The average Bonchev–Trinajstić information content (AvgIpc) is 3.16. The van der Waals surface area contributed by atoms with Crippen LogP contribution in [-0.2, 0) is 0 Å². The second kappa shape index (κ2) is 6.08. The third kappa shape index (κ3) is 2.69. The molecule has 1 aliphatic carbocycles. The fourth-order valence-electron chi connectivity index (χ4n) is 4.82. The Morgan fingerprint density at radius 2 is 2.04 bits per heavy atom. The molecule has 5 heteroatoms. The number of hydrogen-bond acceptors (Lipinski definition) is 4. The van der Waals surface area contributed by atoms with Gasteiger partial charge >= 0.3 is 0 Å². The maximum Gasteiger partial charge on any atom is 0.116 e. The van der Waals surface area contributed by atoms with E-state index in [2.05, 4.69) is 48.1 Å². The zero-order chi connectivity index (χ0) is 17.8. The summed E-state index contributed by atoms with van der Waals surface area (Å²) in [4.78, 5) is 7.62. The van der Waals surface area contributed by atoms with Crippen LogP contribution >= 0.6 is 10.9 Å². The normalized spacial score (nSPS) is 23.4. The van der Waals surface area contributed by atoms with E-state index in [1.807, 2.05) is 0 Å². The third-order valence-corrected chi connectivity index (χ3v) is 6.69. The van der Waals surface area contributed by atoms with Crippen LogP contribution in [0, 0.1) is 12.3 Å². The highest BCUT2D eigenvalue weighted by atomic mass is 32.2. The van der Waals surface area contributed by atoms with Gasteiger partial charge in [-0.2, -0.15) is 0 Å². The maximum atomic E-state index is 5.90. The van der Waals surface area contributed by atoms with Gasteiger partial charge in [0.1, 0.15) is 5.84 Å². The van der Waals surface area contributed by atoms with Gasteiger partial charge in [-0.1, -0.05) is 36.3 Å². The van der Waals surface area contributed by atoms with Gasteiger partial charge in [0.15, 0.2) is 0 Å². The number of nitrogens with zero attached hydrogens (tertiary/aromatic N) is 2. The van der Waals surface area contributed by atoms with E-state index in [-0.39, 0.29) is 11.5 Å². The Morgan fingerprint density at radius 1 is 1.32 bits per heavy atom. The summed E-state index contributed by atoms with van der Waals surface area (Å²) < 4.78 is 3.35. The second-order valence-corrected chi connectivity index (χ2v) is 8.88. The number of nitrogens with one attached hydrogen (secondary N) is 1. The number of nitrogens with two attached hydrogens (primary N) is 1. The lowest BCUT2D eigenvalue weighted by atomic mass is 9.83. The Bertz CT molecular complexity index is 789. The molecule has 1 spiro atoms. The van der Waals surface area contributed by atoms with Gasteiger partial charge in [0.05, 0.1) is 5.69 Å². The number of amidine groups is 1. The summed E-state index contributed by atoms with van der Waals surface area (Å²) >= 11 is 0. The summed E-state index contributed by atoms with van der Waals surface area (Å²) in [5, 5.41) is 5.90. The maximum absolute atomic E-state index is 5.90. The third-order valence-electron chi connectivity index (χ3n) is 6.04. The van der Waals surface area contributed by atoms with E-state index in [1.165, 1.54) is 54.6 Å². The highest BCUT2D eigenvalue weighted by molar-refractivity contribution is 8.10. The minimum atomic E-state index is -0.557. The van der Waals surface area contributed by atoms with Crippen molar-refractivity contribution in [3.63, 3.8) is 0 Å². The fourth-order valence-corrected chi connectivity index (χ4v) is 5.40. The van der Waals surface area contributed by atoms with E-state index in [1.54, 1.807) is 0 Å². The van der Waals surface area contributed by atoms with Gasteiger partial charge in [0, 0.05) is 29.3 Å². The van der Waals surface area contributed by atoms with E-state index in [9.17, 15) is 0 Å². The zero-order valence-electron chi connectivity index (χ0n) is 15.3. The van der Waals surface area contributed by atoms with Crippen molar-refractivity contribution in [1.82, 2.24) is 9.62 Å². The standard InChI is InChI=1S/C20H28N4S/c1-13-11-16(14(2)23-25(4)21)18-17(12-13)15(3)24-10-9-20(19(24)22-18)7-5-6-8-20/h11-12,14,23H,3-10,21H2,1-2H3. The van der Waals surface area contributed by atoms with Gasteiger partial charge in [-0.25, -0.2) is 4.99 Å². The van der Waals surface area contributed by atoms with Crippen LogP contribution in [0.2, 0.25) is 0 Å². The molecule has 0 radical (unpaired) electrons. The summed E-state index contributed by atoms with van der Waals surface area (Å²) in [6, 6.07) is 4.57. The van der Waals surface area contributed by atoms with E-state index in [0.717, 1.165) is 17.9 Å². The quantitative estimate of drug-likeness (QED) is 0.789. The van der Waals surface area contributed by atoms with Gasteiger partial charge in [-0.3, -0.25) is 9.86 Å². The van der Waals surface area contributed by atoms with Crippen LogP contribution in [0.5, 0.6) is 0 Å². The molecule has 0 bridgehead atoms. The summed E-state index contributed by atoms with van der Waals surface area (Å²) in [6.07, 6.45) is 6.40. The predicted molar refractivity (Wildman–Crippen MR) is 110 cm³/mol. The molecule has 2 fully saturated rings. The Balaban J connectivity index is 1.86. The molecule has 1 saturated carbocycles. The van der Waals surface area contributed by atoms with E-state index >= 15 is 0 Å². The first-order chi connectivity index (χ1) is 11.9. The molecule has 0 aromatic heterocycles. The predicted octanol–water partition coefficient (Wildman–Crippen LogP) is 4.42. The minimum Gasteiger partial charge on any atom is -0.329 e. The number of hydrogen-bond donors (Lipinski definition) is 2. The van der Waals surface area contributed by atoms with Crippen molar-refractivity contribution in [3.8, 4) is 0 Å². The molecule has 3 aliphatic rings. The van der Waals surface area contributed by atoms with Crippen LogP contribution in [-0.4, -0.2) is 23.2 Å². The Hall–Kier alpha value is -1.43. The second-order valence-electron chi connectivity index (χ2n) is 7.79. The highest BCUT2D eigenvalue weighted by Crippen LogP contribution is 2.52. The molecule has 2 atom stereocenters. The first kappa shape index (κ1) is 17.0. The molecule has 1 saturated heterocycles. The molecule has 2 unspecified atom stereocenters. The fraction of sp³-hybridized carbons (Fsp3) is 0.500. The first-order valence-electron chi connectivity index (χ1n) is 9.16. The first-order valence-corrected chi connectivity index (χ1v) is 10.6. The summed E-state index contributed by atoms with van der Waals surface area (Å²) in [5.74, 6) is 5.16. The molecule has 2 heterocycles. The molecule has 4 nitrogen and oxygen atoms in total. The van der Waals surface area contributed by atoms with E-state index in [4.69, 9.17) is 10.1 Å². The monoisotopic (exact) mass is 356 g/mol. The molecular formula is C20H28N4S. The van der Waals surface area contributed by atoms with Crippen molar-refractivity contribution >= 4 is 33.9 Å². The molecule has 3 N–H and O–H groups in total. The number of benzene rings is 1. The minimum absolute atomic E-state index is 0.115. The molecule has 1 aromatic carbocycles. The molecular weight excluding hydrogens is 328 g/mol. The molecule has 0 amide bonds. The van der Waals surface area contributed by atoms with E-state index in [0.29, 0.717) is 0 Å². The van der Waals surface area contributed by atoms with Crippen LogP contribution in [0.3, 0.4) is 0 Å². The van der Waals surface area contributed by atoms with Gasteiger partial charge < -0.3 is 4.90 Å². The molecule has 25 heavy (non-hydrogen) atoms. The molecule has 134 valence electrons. The zero-order valence-corrected chi connectivity index (χ0v) is 16.1. The lowest BCUT2D eigenvalue weighted by Gasteiger charge is -2.34. The van der Waals surface area contributed by atoms with E-state index < -0.39 is 10.9 Å². The van der Waals surface area contributed by atoms with Crippen LogP contribution < -0.4 is 9.86 Å². The van der Waals surface area contributed by atoms with Gasteiger partial charge in [0.25, 0.3) is 0 Å². The van der Waals surface area contributed by atoms with Crippen molar-refractivity contribution in [2.75, 3.05) is 6.54 Å². The topological polar surface area (TPSA) is 53.6 Å². The van der Waals surface area contributed by atoms with Crippen molar-refractivity contribution < 1.29 is 0 Å². The molecule has 1 aromatic rings. The highest BCUT2D eigenvalue weighted by Gasteiger charge is 2.48. The largest absolute Gasteiger partial charge is 0.329 e. The van der Waals surface area contributed by atoms with Crippen molar-refractivity contribution in [2.24, 2.45) is 15.5 Å². The number of aliphatic imine (C=N–C) groups is 1. The lowest BCUT2D eigenvalue weighted by Crippen LogP contribution is -2.34. The molecule has 4 rings (SSSR count). The summed E-state index contributed by atoms with van der Waals surface area (Å²) in [6.45, 7) is 9.78. The smallest absolute Gasteiger partial charge is 0.116 e. The number of rotatable bonds is 3. The van der Waals surface area contributed by atoms with Crippen LogP contribution in [0.15, 0.2) is 23.7 Å². The van der Waals surface area contributed by atoms with Crippen LogP contribution in [0.1, 0.15) is 61.8 Å². The van der Waals surface area contributed by atoms with Gasteiger partial charge in [0.2, 0.25) is 0 Å². The van der Waals surface area contributed by atoms with Crippen molar-refractivity contribution in [2.45, 2.75) is 52.0 Å². The van der Waals surface area contributed by atoms with Crippen LogP contribution in [0.4, 0.5) is 5.69 Å². The number of aryl methyl sites for hydroxylation is 1. The van der Waals surface area contributed by atoms with Crippen molar-refractivity contribution in [1.29, 1.82) is 0 Å². The van der Waals surface area contributed by atoms with Gasteiger partial charge in [-0.15, -0.1) is 0 Å². The summed E-state index contributed by atoms with van der Waals surface area (Å²) in [7, 11) is -0.557. The molecule has 2 aliphatic heterocycles. The van der Waals surface area contributed by atoms with Crippen molar-refractivity contribution in [3.05, 3.63) is 35.4 Å². The summed E-state index contributed by atoms with van der Waals surface area (Å²) in [5.41, 5.74) is 6.09. The Kier molecular flexibility index (Phi) is 4.13. The lowest BCUT2D eigenvalue weighted by molar-refractivity contribution is 0.437. The number of fused-ring (bicyclic) bond motifs is 3. The van der Waals surface area contributed by atoms with Gasteiger partial charge in [-0.05, 0) is 56.2 Å². The Morgan fingerprint density at radius 3 is 2.72 bits per heavy atom. The van der Waals surface area contributed by atoms with Crippen LogP contribution in [0.25, 0.3) is 5.70 Å².